The molecule has 0 saturated carbocycles. The van der Waals surface area contributed by atoms with Crippen LogP contribution in [0.4, 0.5) is 20.7 Å². The number of thiophene rings is 1. The molecule has 2 amide bonds. The van der Waals surface area contributed by atoms with Crippen molar-refractivity contribution in [1.82, 2.24) is 14.9 Å². The maximum atomic E-state index is 13.4. The van der Waals surface area contributed by atoms with Crippen LogP contribution in [0.15, 0.2) is 23.7 Å². The maximum absolute atomic E-state index is 13.4. The molecule has 1 N–H and O–H groups in total. The molecule has 15 heteroatoms. The summed E-state index contributed by atoms with van der Waals surface area (Å²) in [5.41, 5.74) is 0.492. The third-order valence-corrected chi connectivity index (χ3v) is 11.1. The third kappa shape index (κ3) is 7.48. The summed E-state index contributed by atoms with van der Waals surface area (Å²) in [6, 6.07) is 3.59. The standard InChI is InChI=1S/C32H38Cl2N6O5S2/c1-5-44-29(42)18-8-10-38(11-9-18)26-23(34)12-19(14-35-26)27(41)37-30-36-25(24-13-20(33)17-46-24)28(47-30)39-15-22-7-6-21(39)16-40(22)31(43)45-32(2,3)4/h12-14,17-18,21-22H,5-11,15-16H2,1-4H3,(H,36,37,41). The predicted octanol–water partition coefficient (Wildman–Crippen LogP) is 7.19. The molecule has 4 saturated heterocycles. The van der Waals surface area contributed by atoms with Gasteiger partial charge >= 0.3 is 12.1 Å². The van der Waals surface area contributed by atoms with Gasteiger partial charge in [0.2, 0.25) is 0 Å². The van der Waals surface area contributed by atoms with Crippen LogP contribution >= 0.6 is 45.9 Å². The topological polar surface area (TPSA) is 117 Å². The molecule has 3 aromatic heterocycles. The molecule has 11 nitrogen and oxygen atoms in total. The summed E-state index contributed by atoms with van der Waals surface area (Å²) in [7, 11) is 0. The normalized spacial score (nSPS) is 20.0. The van der Waals surface area contributed by atoms with Crippen LogP contribution in [-0.4, -0.2) is 83.3 Å². The van der Waals surface area contributed by atoms with Gasteiger partial charge in [0.25, 0.3) is 5.91 Å². The summed E-state index contributed by atoms with van der Waals surface area (Å²) >= 11 is 15.8. The van der Waals surface area contributed by atoms with Gasteiger partial charge in [-0.15, -0.1) is 11.3 Å². The first-order valence-corrected chi connectivity index (χ1v) is 18.3. The zero-order valence-corrected chi connectivity index (χ0v) is 29.9. The summed E-state index contributed by atoms with van der Waals surface area (Å²) < 4.78 is 10.9. The minimum atomic E-state index is -0.563. The van der Waals surface area contributed by atoms with Gasteiger partial charge in [-0.05, 0) is 65.5 Å². The number of piperazine rings is 1. The first-order valence-electron chi connectivity index (χ1n) is 15.8. The lowest BCUT2D eigenvalue weighted by Crippen LogP contribution is -2.64. The quantitative estimate of drug-likeness (QED) is 0.253. The number of thiazole rings is 1. The van der Waals surface area contributed by atoms with E-state index in [1.807, 2.05) is 42.0 Å². The fourth-order valence-electron chi connectivity index (χ4n) is 6.32. The highest BCUT2D eigenvalue weighted by molar-refractivity contribution is 7.21. The van der Waals surface area contributed by atoms with E-state index in [1.54, 1.807) is 13.0 Å². The van der Waals surface area contributed by atoms with Crippen molar-refractivity contribution in [3.05, 3.63) is 39.3 Å². The highest BCUT2D eigenvalue weighted by Crippen LogP contribution is 2.45. The number of esters is 1. The second-order valence-corrected chi connectivity index (χ2v) is 15.7. The molecule has 3 aromatic rings. The Kier molecular flexibility index (Phi) is 9.89. The molecule has 0 radical (unpaired) electrons. The summed E-state index contributed by atoms with van der Waals surface area (Å²) in [6.07, 6.45) is 4.37. The summed E-state index contributed by atoms with van der Waals surface area (Å²) in [5.74, 6) is -0.0828. The Morgan fingerprint density at radius 3 is 2.43 bits per heavy atom. The number of nitrogens with one attached hydrogen (secondary N) is 1. The molecule has 0 aromatic carbocycles. The number of fused-ring (bicyclic) bond motifs is 3. The number of amides is 2. The van der Waals surface area contributed by atoms with Gasteiger partial charge in [-0.25, -0.2) is 14.8 Å². The highest BCUT2D eigenvalue weighted by atomic mass is 35.5. The number of anilines is 3. The molecule has 2 unspecified atom stereocenters. The smallest absolute Gasteiger partial charge is 0.410 e. The van der Waals surface area contributed by atoms with Crippen LogP contribution in [0, 0.1) is 5.92 Å². The van der Waals surface area contributed by atoms with Crippen molar-refractivity contribution >= 4 is 79.8 Å². The van der Waals surface area contributed by atoms with Crippen LogP contribution in [0.25, 0.3) is 10.6 Å². The summed E-state index contributed by atoms with van der Waals surface area (Å²) in [6.45, 7) is 10.2. The van der Waals surface area contributed by atoms with Crippen molar-refractivity contribution in [2.24, 2.45) is 5.92 Å². The van der Waals surface area contributed by atoms with Crippen LogP contribution in [0.2, 0.25) is 10.0 Å². The second-order valence-electron chi connectivity index (χ2n) is 13.0. The van der Waals surface area contributed by atoms with Crippen molar-refractivity contribution in [2.45, 2.75) is 71.1 Å². The molecule has 4 fully saturated rings. The average molecular weight is 722 g/mol. The molecule has 7 rings (SSSR count). The number of pyridine rings is 1. The minimum absolute atomic E-state index is 0.0115. The Labute approximate surface area is 292 Å². The molecular formula is C32H38Cl2N6O5S2. The second kappa shape index (κ2) is 13.8. The van der Waals surface area contributed by atoms with E-state index in [1.165, 1.54) is 28.9 Å². The zero-order valence-electron chi connectivity index (χ0n) is 26.8. The first-order chi connectivity index (χ1) is 22.4. The average Bonchev–Trinajstić information content (AvgIpc) is 3.66. The van der Waals surface area contributed by atoms with Gasteiger partial charge in [0.1, 0.15) is 22.1 Å². The Morgan fingerprint density at radius 2 is 1.81 bits per heavy atom. The molecular weight excluding hydrogens is 683 g/mol. The lowest BCUT2D eigenvalue weighted by Gasteiger charge is -2.51. The first kappa shape index (κ1) is 33.8. The minimum Gasteiger partial charge on any atom is -0.466 e. The molecule has 0 aliphatic carbocycles. The number of ether oxygens (including phenoxy) is 2. The Hall–Kier alpha value is -3.13. The largest absolute Gasteiger partial charge is 0.466 e. The van der Waals surface area contributed by atoms with Gasteiger partial charge in [0.15, 0.2) is 5.13 Å². The van der Waals surface area contributed by atoms with Gasteiger partial charge in [-0.3, -0.25) is 14.9 Å². The number of carbonyl (C=O) groups is 3. The van der Waals surface area contributed by atoms with Gasteiger partial charge in [0.05, 0.1) is 39.1 Å². The summed E-state index contributed by atoms with van der Waals surface area (Å²) in [5, 5.41) is 7.16. The zero-order chi connectivity index (χ0) is 33.5. The number of halogens is 2. The molecule has 7 heterocycles. The van der Waals surface area contributed by atoms with Crippen molar-refractivity contribution in [2.75, 3.05) is 47.9 Å². The highest BCUT2D eigenvalue weighted by Gasteiger charge is 2.44. The van der Waals surface area contributed by atoms with Crippen LogP contribution in [0.3, 0.4) is 0 Å². The Bertz CT molecular complexity index is 1650. The van der Waals surface area contributed by atoms with Crippen molar-refractivity contribution < 1.29 is 23.9 Å². The van der Waals surface area contributed by atoms with E-state index in [-0.39, 0.29) is 36.0 Å². The third-order valence-electron chi connectivity index (χ3n) is 8.55. The summed E-state index contributed by atoms with van der Waals surface area (Å²) in [4.78, 5) is 55.0. The monoisotopic (exact) mass is 720 g/mol. The van der Waals surface area contributed by atoms with Crippen molar-refractivity contribution in [1.29, 1.82) is 0 Å². The molecule has 252 valence electrons. The fourth-order valence-corrected chi connectivity index (χ4v) is 8.79. The number of nitrogens with zero attached hydrogens (tertiary/aromatic N) is 5. The Balaban J connectivity index is 1.17. The maximum Gasteiger partial charge on any atom is 0.410 e. The van der Waals surface area contributed by atoms with Crippen LogP contribution in [0.5, 0.6) is 0 Å². The van der Waals surface area contributed by atoms with Crippen molar-refractivity contribution in [3.63, 3.8) is 0 Å². The number of aromatic nitrogens is 2. The van der Waals surface area contributed by atoms with E-state index in [4.69, 9.17) is 37.7 Å². The van der Waals surface area contributed by atoms with Gasteiger partial charge in [-0.1, -0.05) is 34.5 Å². The van der Waals surface area contributed by atoms with Gasteiger partial charge < -0.3 is 24.2 Å². The number of hydrogen-bond donors (Lipinski definition) is 1. The lowest BCUT2D eigenvalue weighted by molar-refractivity contribution is -0.148. The predicted molar refractivity (Wildman–Crippen MR) is 186 cm³/mol. The van der Waals surface area contributed by atoms with Crippen LogP contribution < -0.4 is 15.1 Å². The fraction of sp³-hybridized carbons (Fsp3) is 0.531. The Morgan fingerprint density at radius 1 is 1.06 bits per heavy atom. The van der Waals surface area contributed by atoms with E-state index in [0.29, 0.717) is 72.2 Å². The molecule has 2 bridgehead atoms. The lowest BCUT2D eigenvalue weighted by atomic mass is 9.91. The van der Waals surface area contributed by atoms with E-state index in [2.05, 4.69) is 15.2 Å². The number of carbonyl (C=O) groups excluding carboxylic acids is 3. The van der Waals surface area contributed by atoms with E-state index in [0.717, 1.165) is 28.4 Å². The molecule has 4 aliphatic heterocycles. The molecule has 0 spiro atoms. The van der Waals surface area contributed by atoms with Gasteiger partial charge in [-0.2, -0.15) is 0 Å². The SMILES string of the molecule is CCOC(=O)C1CCN(c2ncc(C(=O)Nc3nc(-c4cc(Cl)cs4)c(N4CC5CCC4CN5C(=O)OC(C)(C)C)s3)cc2Cl)CC1. The van der Waals surface area contributed by atoms with Crippen molar-refractivity contribution in [3.8, 4) is 10.6 Å². The number of rotatable bonds is 7. The van der Waals surface area contributed by atoms with E-state index >= 15 is 0 Å². The van der Waals surface area contributed by atoms with Gasteiger partial charge in [0, 0.05) is 43.8 Å². The molecule has 4 aliphatic rings. The van der Waals surface area contributed by atoms with E-state index < -0.39 is 5.60 Å². The molecule has 2 atom stereocenters. The number of piperidine rings is 3. The van der Waals surface area contributed by atoms with Crippen LogP contribution in [-0.2, 0) is 14.3 Å². The molecule has 47 heavy (non-hydrogen) atoms. The van der Waals surface area contributed by atoms with E-state index in [9.17, 15) is 14.4 Å². The van der Waals surface area contributed by atoms with Crippen LogP contribution in [0.1, 0.15) is 63.7 Å². The number of hydrogen-bond acceptors (Lipinski definition) is 11.